The lowest BCUT2D eigenvalue weighted by Crippen LogP contribution is -2.36. The van der Waals surface area contributed by atoms with Gasteiger partial charge >= 0.3 is 6.36 Å². The Bertz CT molecular complexity index is 1090. The monoisotopic (exact) mass is 453 g/mol. The number of ether oxygens (including phenoxy) is 1. The first kappa shape index (κ1) is 22.6. The molecule has 1 N–H and O–H groups in total. The molecule has 1 aliphatic heterocycles. The maximum atomic E-state index is 12.7. The molecule has 0 radical (unpaired) electrons. The molecule has 31 heavy (non-hydrogen) atoms. The number of benzene rings is 2. The minimum atomic E-state index is -4.85. The molecule has 1 heterocycles. The van der Waals surface area contributed by atoms with E-state index in [0.29, 0.717) is 17.7 Å². The van der Waals surface area contributed by atoms with E-state index in [1.807, 2.05) is 12.1 Å². The molecule has 0 bridgehead atoms. The van der Waals surface area contributed by atoms with E-state index in [4.69, 9.17) is 10.1 Å². The van der Waals surface area contributed by atoms with Gasteiger partial charge < -0.3 is 4.74 Å². The number of hydrogen-bond donors (Lipinski definition) is 1. The van der Waals surface area contributed by atoms with E-state index in [2.05, 4.69) is 10.2 Å². The summed E-state index contributed by atoms with van der Waals surface area (Å²) in [6, 6.07) is 13.1. The van der Waals surface area contributed by atoms with Gasteiger partial charge in [0.05, 0.1) is 23.1 Å². The molecule has 2 aromatic rings. The lowest BCUT2D eigenvalue weighted by atomic mass is 10.1. The topological polar surface area (TPSA) is 91.7 Å². The zero-order valence-corrected chi connectivity index (χ0v) is 16.9. The van der Waals surface area contributed by atoms with Crippen LogP contribution in [0.25, 0.3) is 0 Å². The molecule has 164 valence electrons. The van der Waals surface area contributed by atoms with Crippen LogP contribution in [-0.4, -0.2) is 32.2 Å². The van der Waals surface area contributed by atoms with Crippen molar-refractivity contribution >= 4 is 10.0 Å². The second-order valence-corrected chi connectivity index (χ2v) is 8.50. The quantitative estimate of drug-likeness (QED) is 0.646. The number of sulfonamides is 1. The van der Waals surface area contributed by atoms with Crippen LogP contribution >= 0.6 is 0 Å². The molecule has 0 aromatic heterocycles. The highest BCUT2D eigenvalue weighted by Gasteiger charge is 2.31. The van der Waals surface area contributed by atoms with Crippen molar-refractivity contribution in [2.24, 2.45) is 0 Å². The largest absolute Gasteiger partial charge is 0.573 e. The Morgan fingerprint density at radius 1 is 1.16 bits per heavy atom. The Hall–Kier alpha value is -3.07. The summed E-state index contributed by atoms with van der Waals surface area (Å²) in [4.78, 5) is 5.29. The summed E-state index contributed by atoms with van der Waals surface area (Å²) in [5, 5.41) is 8.90. The third-order valence-corrected chi connectivity index (χ3v) is 6.24. The van der Waals surface area contributed by atoms with Crippen LogP contribution in [0.15, 0.2) is 65.2 Å². The molecule has 0 saturated carbocycles. The van der Waals surface area contributed by atoms with Gasteiger partial charge in [-0.2, -0.15) is 9.57 Å². The first-order valence-corrected chi connectivity index (χ1v) is 10.5. The van der Waals surface area contributed by atoms with E-state index >= 15 is 0 Å². The molecule has 0 aliphatic carbocycles. The molecule has 7 nitrogen and oxygen atoms in total. The summed E-state index contributed by atoms with van der Waals surface area (Å²) < 4.78 is 67.1. The summed E-state index contributed by atoms with van der Waals surface area (Å²) in [5.41, 5.74) is 4.82. The molecular weight excluding hydrogens is 435 g/mol. The van der Waals surface area contributed by atoms with Crippen LogP contribution in [0.2, 0.25) is 0 Å². The zero-order chi connectivity index (χ0) is 22.5. The Morgan fingerprint density at radius 2 is 1.90 bits per heavy atom. The van der Waals surface area contributed by atoms with Gasteiger partial charge in [0.15, 0.2) is 0 Å². The fourth-order valence-electron chi connectivity index (χ4n) is 2.87. The SMILES string of the molecule is N#Cc1cccc(CONC2=CCN(S(=O)(=O)c3ccc(OC(F)(F)F)cc3)CC2)c1. The van der Waals surface area contributed by atoms with E-state index in [1.54, 1.807) is 24.3 Å². The van der Waals surface area contributed by atoms with E-state index in [1.165, 1.54) is 4.31 Å². The molecule has 0 fully saturated rings. The van der Waals surface area contributed by atoms with Crippen molar-refractivity contribution in [2.45, 2.75) is 24.3 Å². The van der Waals surface area contributed by atoms with Crippen LogP contribution in [-0.2, 0) is 21.5 Å². The zero-order valence-electron chi connectivity index (χ0n) is 16.1. The van der Waals surface area contributed by atoms with Gasteiger partial charge in [-0.15, -0.1) is 13.2 Å². The maximum Gasteiger partial charge on any atom is 0.573 e. The smallest absolute Gasteiger partial charge is 0.406 e. The number of nitrogens with zero attached hydrogens (tertiary/aromatic N) is 2. The van der Waals surface area contributed by atoms with Crippen LogP contribution in [0.4, 0.5) is 13.2 Å². The number of hydrogen-bond acceptors (Lipinski definition) is 6. The number of hydroxylamine groups is 1. The summed E-state index contributed by atoms with van der Waals surface area (Å²) in [5.74, 6) is -0.492. The fraction of sp³-hybridized carbons (Fsp3) is 0.250. The van der Waals surface area contributed by atoms with Crippen LogP contribution in [0.5, 0.6) is 5.75 Å². The minimum Gasteiger partial charge on any atom is -0.406 e. The van der Waals surface area contributed by atoms with Crippen molar-refractivity contribution in [3.05, 3.63) is 71.4 Å². The standard InChI is InChI=1S/C20H18F3N3O4S/c21-20(22,23)30-18-4-6-19(7-5-18)31(27,28)26-10-8-17(9-11-26)25-29-14-16-3-1-2-15(12-16)13-24/h1-8,12,25H,9-11,14H2. The number of alkyl halides is 3. The molecule has 0 atom stereocenters. The normalized spacial score (nSPS) is 15.1. The van der Waals surface area contributed by atoms with Gasteiger partial charge in [-0.05, 0) is 48.0 Å². The second kappa shape index (κ2) is 9.38. The van der Waals surface area contributed by atoms with Gasteiger partial charge in [0.1, 0.15) is 5.75 Å². The van der Waals surface area contributed by atoms with Crippen molar-refractivity contribution in [2.75, 3.05) is 13.1 Å². The van der Waals surface area contributed by atoms with Gasteiger partial charge in [0.2, 0.25) is 10.0 Å². The molecule has 0 saturated heterocycles. The van der Waals surface area contributed by atoms with Gasteiger partial charge in [0.25, 0.3) is 0 Å². The highest BCUT2D eigenvalue weighted by molar-refractivity contribution is 7.89. The number of halogens is 3. The summed E-state index contributed by atoms with van der Waals surface area (Å²) in [6.45, 7) is 0.481. The molecule has 0 spiro atoms. The Labute approximate surface area is 177 Å². The third kappa shape index (κ3) is 6.21. The lowest BCUT2D eigenvalue weighted by molar-refractivity contribution is -0.274. The number of nitriles is 1. The molecular formula is C20H18F3N3O4S. The van der Waals surface area contributed by atoms with Gasteiger partial charge in [0, 0.05) is 25.2 Å². The molecule has 0 amide bonds. The molecule has 11 heteroatoms. The van der Waals surface area contributed by atoms with Gasteiger partial charge in [-0.25, -0.2) is 8.42 Å². The predicted octanol–water partition coefficient (Wildman–Crippen LogP) is 3.46. The fourth-order valence-corrected chi connectivity index (χ4v) is 4.25. The summed E-state index contributed by atoms with van der Waals surface area (Å²) >= 11 is 0. The van der Waals surface area contributed by atoms with Crippen LogP contribution in [0.1, 0.15) is 17.5 Å². The number of rotatable bonds is 7. The Balaban J connectivity index is 1.55. The van der Waals surface area contributed by atoms with Crippen LogP contribution in [0.3, 0.4) is 0 Å². The van der Waals surface area contributed by atoms with Crippen LogP contribution < -0.4 is 10.2 Å². The summed E-state index contributed by atoms with van der Waals surface area (Å²) in [6.07, 6.45) is -2.82. The van der Waals surface area contributed by atoms with E-state index in [0.717, 1.165) is 29.8 Å². The van der Waals surface area contributed by atoms with E-state index in [-0.39, 0.29) is 24.6 Å². The van der Waals surface area contributed by atoms with E-state index < -0.39 is 22.1 Å². The average molecular weight is 453 g/mol. The van der Waals surface area contributed by atoms with Crippen molar-refractivity contribution in [3.8, 4) is 11.8 Å². The van der Waals surface area contributed by atoms with Crippen LogP contribution in [0, 0.1) is 11.3 Å². The first-order valence-electron chi connectivity index (χ1n) is 9.09. The Kier molecular flexibility index (Phi) is 6.84. The molecule has 1 aliphatic rings. The third-order valence-electron chi connectivity index (χ3n) is 4.37. The van der Waals surface area contributed by atoms with Crippen molar-refractivity contribution < 1.29 is 31.2 Å². The van der Waals surface area contributed by atoms with Crippen molar-refractivity contribution in [1.29, 1.82) is 5.26 Å². The highest BCUT2D eigenvalue weighted by atomic mass is 32.2. The molecule has 2 aromatic carbocycles. The van der Waals surface area contributed by atoms with Crippen molar-refractivity contribution in [1.82, 2.24) is 9.79 Å². The maximum absolute atomic E-state index is 12.7. The Morgan fingerprint density at radius 3 is 2.52 bits per heavy atom. The van der Waals surface area contributed by atoms with Gasteiger partial charge in [-0.3, -0.25) is 10.3 Å². The van der Waals surface area contributed by atoms with E-state index in [9.17, 15) is 21.6 Å². The van der Waals surface area contributed by atoms with Gasteiger partial charge in [-0.1, -0.05) is 12.1 Å². The average Bonchev–Trinajstić information content (AvgIpc) is 2.73. The summed E-state index contributed by atoms with van der Waals surface area (Å²) in [7, 11) is -3.86. The minimum absolute atomic E-state index is 0.0821. The second-order valence-electron chi connectivity index (χ2n) is 6.56. The highest BCUT2D eigenvalue weighted by Crippen LogP contribution is 2.26. The predicted molar refractivity (Wildman–Crippen MR) is 104 cm³/mol. The first-order chi connectivity index (χ1) is 14.7. The van der Waals surface area contributed by atoms with Crippen molar-refractivity contribution in [3.63, 3.8) is 0 Å². The lowest BCUT2D eigenvalue weighted by Gasteiger charge is -2.26. The molecule has 0 unspecified atom stereocenters. The number of nitrogens with one attached hydrogen (secondary N) is 1. The molecule has 3 rings (SSSR count).